The van der Waals surface area contributed by atoms with Gasteiger partial charge in [0.15, 0.2) is 5.76 Å². The molecule has 2 atom stereocenters. The van der Waals surface area contributed by atoms with Gasteiger partial charge < -0.3 is 25.0 Å². The highest BCUT2D eigenvalue weighted by Crippen LogP contribution is 2.39. The predicted octanol–water partition coefficient (Wildman–Crippen LogP) is 2.20. The summed E-state index contributed by atoms with van der Waals surface area (Å²) in [5.74, 6) is -0.740. The number of aliphatic hydroxyl groups is 1. The number of ether oxygens (including phenoxy) is 1. The fraction of sp³-hybridized carbons (Fsp3) is 0.304. The molecular formula is C23H24N4O5. The average Bonchev–Trinajstić information content (AvgIpc) is 3.31. The molecule has 0 radical (unpaired) electrons. The number of benzene rings is 1. The average molecular weight is 436 g/mol. The van der Waals surface area contributed by atoms with E-state index in [0.717, 1.165) is 0 Å². The number of primary amides is 1. The van der Waals surface area contributed by atoms with Gasteiger partial charge in [-0.3, -0.25) is 9.59 Å². The number of likely N-dealkylation sites (N-methyl/N-ethyl adjacent to an activating group) is 1. The van der Waals surface area contributed by atoms with Crippen LogP contribution in [0.15, 0.2) is 47.0 Å². The summed E-state index contributed by atoms with van der Waals surface area (Å²) in [6.45, 7) is 2.38. The van der Waals surface area contributed by atoms with Gasteiger partial charge in [0.05, 0.1) is 12.8 Å². The van der Waals surface area contributed by atoms with E-state index in [0.29, 0.717) is 41.2 Å². The third kappa shape index (κ3) is 3.60. The standard InChI is InChI=1S/C23H24N4O5/c1-13-7-8-27(2)22(29)23(13,30)20-12-19(26-32-20)15-9-14(10-16(11-15)31-3)17-5-4-6-18(25-17)21(24)28/h4-6,9-13,30H,7-8H2,1-3H3,(H2,24,28)/t13-,23+/m0/s1. The van der Waals surface area contributed by atoms with Crippen LogP contribution in [0.1, 0.15) is 29.6 Å². The fourth-order valence-electron chi connectivity index (χ4n) is 3.88. The molecule has 2 aromatic heterocycles. The first kappa shape index (κ1) is 21.5. The topological polar surface area (TPSA) is 132 Å². The summed E-state index contributed by atoms with van der Waals surface area (Å²) >= 11 is 0. The Morgan fingerprint density at radius 2 is 1.97 bits per heavy atom. The van der Waals surface area contributed by atoms with E-state index in [1.54, 1.807) is 43.4 Å². The highest BCUT2D eigenvalue weighted by atomic mass is 16.5. The van der Waals surface area contributed by atoms with Crippen molar-refractivity contribution in [2.75, 3.05) is 20.7 Å². The highest BCUT2D eigenvalue weighted by molar-refractivity contribution is 5.91. The molecule has 3 aromatic rings. The second-order valence-electron chi connectivity index (χ2n) is 7.98. The lowest BCUT2D eigenvalue weighted by Gasteiger charge is -2.39. The van der Waals surface area contributed by atoms with Gasteiger partial charge >= 0.3 is 0 Å². The van der Waals surface area contributed by atoms with Crippen LogP contribution in [0.4, 0.5) is 0 Å². The Balaban J connectivity index is 1.76. The van der Waals surface area contributed by atoms with Crippen molar-refractivity contribution in [3.05, 3.63) is 53.9 Å². The van der Waals surface area contributed by atoms with Crippen molar-refractivity contribution in [1.82, 2.24) is 15.0 Å². The van der Waals surface area contributed by atoms with Crippen LogP contribution >= 0.6 is 0 Å². The van der Waals surface area contributed by atoms with Crippen LogP contribution < -0.4 is 10.5 Å². The molecule has 0 aliphatic carbocycles. The largest absolute Gasteiger partial charge is 0.497 e. The quantitative estimate of drug-likeness (QED) is 0.627. The summed E-state index contributed by atoms with van der Waals surface area (Å²) in [6.07, 6.45) is 0.639. The number of nitrogens with zero attached hydrogens (tertiary/aromatic N) is 3. The van der Waals surface area contributed by atoms with Crippen LogP contribution in [0, 0.1) is 5.92 Å². The zero-order valence-corrected chi connectivity index (χ0v) is 18.0. The number of pyridine rings is 1. The second kappa shape index (κ2) is 8.08. The summed E-state index contributed by atoms with van der Waals surface area (Å²) in [4.78, 5) is 30.1. The Hall–Kier alpha value is -3.72. The molecule has 0 unspecified atom stereocenters. The number of amides is 2. The van der Waals surface area contributed by atoms with E-state index in [1.807, 2.05) is 6.92 Å². The minimum absolute atomic E-state index is 0.0924. The van der Waals surface area contributed by atoms with Crippen molar-refractivity contribution >= 4 is 11.8 Å². The molecule has 0 spiro atoms. The fourth-order valence-corrected chi connectivity index (χ4v) is 3.88. The van der Waals surface area contributed by atoms with E-state index in [2.05, 4.69) is 10.1 Å². The third-order valence-corrected chi connectivity index (χ3v) is 5.90. The van der Waals surface area contributed by atoms with E-state index < -0.39 is 17.4 Å². The number of hydrogen-bond acceptors (Lipinski definition) is 7. The predicted molar refractivity (Wildman–Crippen MR) is 116 cm³/mol. The summed E-state index contributed by atoms with van der Waals surface area (Å²) in [5.41, 5.74) is 5.98. The van der Waals surface area contributed by atoms with E-state index >= 15 is 0 Å². The van der Waals surface area contributed by atoms with Crippen LogP contribution in [0.2, 0.25) is 0 Å². The monoisotopic (exact) mass is 436 g/mol. The van der Waals surface area contributed by atoms with Gasteiger partial charge in [0.1, 0.15) is 17.1 Å². The maximum Gasteiger partial charge on any atom is 0.267 e. The molecule has 3 N–H and O–H groups in total. The second-order valence-corrected chi connectivity index (χ2v) is 7.98. The van der Waals surface area contributed by atoms with Crippen molar-refractivity contribution in [3.63, 3.8) is 0 Å². The number of rotatable bonds is 5. The first-order valence-corrected chi connectivity index (χ1v) is 10.2. The SMILES string of the molecule is COc1cc(-c2cc([C@@]3(O)C(=O)N(C)CC[C@@H]3C)on2)cc(-c2cccc(C(N)=O)n2)c1. The Labute approximate surface area is 184 Å². The molecule has 2 amide bonds. The summed E-state index contributed by atoms with van der Waals surface area (Å²) in [6, 6.07) is 11.9. The minimum Gasteiger partial charge on any atom is -0.497 e. The molecule has 1 aromatic carbocycles. The lowest BCUT2D eigenvalue weighted by Crippen LogP contribution is -2.54. The lowest BCUT2D eigenvalue weighted by molar-refractivity contribution is -0.167. The van der Waals surface area contributed by atoms with E-state index in [4.69, 9.17) is 15.0 Å². The maximum atomic E-state index is 12.8. The highest BCUT2D eigenvalue weighted by Gasteiger charge is 2.50. The molecule has 166 valence electrons. The number of nitrogens with two attached hydrogens (primary N) is 1. The number of likely N-dealkylation sites (tertiary alicyclic amines) is 1. The molecule has 1 saturated heterocycles. The summed E-state index contributed by atoms with van der Waals surface area (Å²) < 4.78 is 10.9. The van der Waals surface area contributed by atoms with Gasteiger partial charge in [0.25, 0.3) is 11.8 Å². The molecular weight excluding hydrogens is 412 g/mol. The van der Waals surface area contributed by atoms with Crippen LogP contribution in [0.5, 0.6) is 5.75 Å². The molecule has 1 aliphatic heterocycles. The third-order valence-electron chi connectivity index (χ3n) is 5.90. The number of piperidine rings is 1. The lowest BCUT2D eigenvalue weighted by atomic mass is 9.80. The van der Waals surface area contributed by atoms with E-state index in [1.165, 1.54) is 18.1 Å². The Morgan fingerprint density at radius 1 is 1.25 bits per heavy atom. The first-order valence-electron chi connectivity index (χ1n) is 10.2. The summed E-state index contributed by atoms with van der Waals surface area (Å²) in [7, 11) is 3.18. The van der Waals surface area contributed by atoms with Crippen LogP contribution in [0.25, 0.3) is 22.5 Å². The molecule has 9 heteroatoms. The number of aromatic nitrogens is 2. The molecule has 3 heterocycles. The van der Waals surface area contributed by atoms with Crippen LogP contribution in [0.3, 0.4) is 0 Å². The van der Waals surface area contributed by atoms with Crippen LogP contribution in [-0.4, -0.2) is 52.7 Å². The zero-order valence-electron chi connectivity index (χ0n) is 18.0. The summed E-state index contributed by atoms with van der Waals surface area (Å²) in [5, 5.41) is 15.3. The van der Waals surface area contributed by atoms with Crippen molar-refractivity contribution < 1.29 is 24.0 Å². The van der Waals surface area contributed by atoms with Crippen molar-refractivity contribution in [1.29, 1.82) is 0 Å². The molecule has 0 saturated carbocycles. The van der Waals surface area contributed by atoms with Gasteiger partial charge in [-0.2, -0.15) is 0 Å². The normalized spacial score (nSPS) is 20.9. The zero-order chi connectivity index (χ0) is 23.0. The number of carbonyl (C=O) groups is 2. The molecule has 1 aliphatic rings. The molecule has 1 fully saturated rings. The van der Waals surface area contributed by atoms with Crippen molar-refractivity contribution in [3.8, 4) is 28.3 Å². The number of carbonyl (C=O) groups excluding carboxylic acids is 2. The minimum atomic E-state index is -1.78. The molecule has 4 rings (SSSR count). The molecule has 9 nitrogen and oxygen atoms in total. The Morgan fingerprint density at radius 3 is 2.66 bits per heavy atom. The van der Waals surface area contributed by atoms with E-state index in [9.17, 15) is 14.7 Å². The van der Waals surface area contributed by atoms with Crippen molar-refractivity contribution in [2.45, 2.75) is 18.9 Å². The number of methoxy groups -OCH3 is 1. The van der Waals surface area contributed by atoms with Crippen molar-refractivity contribution in [2.24, 2.45) is 11.7 Å². The maximum absolute atomic E-state index is 12.8. The van der Waals surface area contributed by atoms with Gasteiger partial charge in [0.2, 0.25) is 5.60 Å². The first-order chi connectivity index (χ1) is 15.2. The Bertz CT molecular complexity index is 1190. The van der Waals surface area contributed by atoms with E-state index in [-0.39, 0.29) is 17.4 Å². The van der Waals surface area contributed by atoms with Gasteiger partial charge in [-0.1, -0.05) is 18.1 Å². The molecule has 32 heavy (non-hydrogen) atoms. The number of hydrogen-bond donors (Lipinski definition) is 2. The Kier molecular flexibility index (Phi) is 5.43. The van der Waals surface area contributed by atoms with Gasteiger partial charge in [-0.15, -0.1) is 0 Å². The van der Waals surface area contributed by atoms with Gasteiger partial charge in [-0.25, -0.2) is 4.98 Å². The van der Waals surface area contributed by atoms with Crippen LogP contribution in [-0.2, 0) is 10.4 Å². The van der Waals surface area contributed by atoms with Gasteiger partial charge in [-0.05, 0) is 36.8 Å². The molecule has 0 bridgehead atoms. The smallest absolute Gasteiger partial charge is 0.267 e. The van der Waals surface area contributed by atoms with Gasteiger partial charge in [0, 0.05) is 36.7 Å².